The molecule has 0 saturated heterocycles. The molecule has 0 aromatic heterocycles. The molecule has 0 atom stereocenters. The van der Waals surface area contributed by atoms with Crippen LogP contribution in [-0.2, 0) is 11.3 Å². The Labute approximate surface area is 123 Å². The van der Waals surface area contributed by atoms with Crippen molar-refractivity contribution in [1.82, 2.24) is 5.32 Å². The normalized spacial score (nSPS) is 10.6. The number of anilines is 1. The second-order valence-electron chi connectivity index (χ2n) is 4.76. The molecule has 0 heterocycles. The Bertz CT molecular complexity index is 422. The first kappa shape index (κ1) is 16.0. The summed E-state index contributed by atoms with van der Waals surface area (Å²) < 4.78 is 6.07. The standard InChI is InChI=1S/C14H21BrN2O2/c1-10(2)7-8-16-14(18)17-13-6-4-5-12(15)11(13)9-19-3/h4-6,10H,7-9H2,1-3H3,(H2,16,17,18). The molecule has 19 heavy (non-hydrogen) atoms. The number of halogens is 1. The number of carbonyl (C=O) groups is 1. The van der Waals surface area contributed by atoms with E-state index in [1.54, 1.807) is 7.11 Å². The lowest BCUT2D eigenvalue weighted by atomic mass is 10.1. The van der Waals surface area contributed by atoms with Crippen molar-refractivity contribution in [3.05, 3.63) is 28.2 Å². The second kappa shape index (κ2) is 8.17. The van der Waals surface area contributed by atoms with Gasteiger partial charge >= 0.3 is 6.03 Å². The van der Waals surface area contributed by atoms with Gasteiger partial charge in [-0.05, 0) is 24.5 Å². The van der Waals surface area contributed by atoms with Crippen molar-refractivity contribution in [2.75, 3.05) is 19.0 Å². The molecule has 0 aliphatic heterocycles. The van der Waals surface area contributed by atoms with E-state index in [4.69, 9.17) is 4.74 Å². The fourth-order valence-electron chi connectivity index (χ4n) is 1.61. The molecule has 1 aromatic rings. The number of hydrogen-bond acceptors (Lipinski definition) is 2. The number of methoxy groups -OCH3 is 1. The summed E-state index contributed by atoms with van der Waals surface area (Å²) in [5.74, 6) is 0.579. The number of amides is 2. The zero-order valence-electron chi connectivity index (χ0n) is 11.6. The summed E-state index contributed by atoms with van der Waals surface area (Å²) in [6.45, 7) is 5.38. The highest BCUT2D eigenvalue weighted by Gasteiger charge is 2.09. The molecule has 0 bridgehead atoms. The first-order valence-electron chi connectivity index (χ1n) is 6.35. The van der Waals surface area contributed by atoms with E-state index in [1.807, 2.05) is 18.2 Å². The number of benzene rings is 1. The van der Waals surface area contributed by atoms with Gasteiger partial charge in [0, 0.05) is 29.4 Å². The minimum Gasteiger partial charge on any atom is -0.380 e. The highest BCUT2D eigenvalue weighted by molar-refractivity contribution is 9.10. The van der Waals surface area contributed by atoms with Crippen LogP contribution >= 0.6 is 15.9 Å². The molecular formula is C14H21BrN2O2. The zero-order valence-corrected chi connectivity index (χ0v) is 13.2. The molecule has 0 unspecified atom stereocenters. The topological polar surface area (TPSA) is 50.4 Å². The molecule has 0 fully saturated rings. The third-order valence-electron chi connectivity index (χ3n) is 2.66. The summed E-state index contributed by atoms with van der Waals surface area (Å²) in [6, 6.07) is 5.49. The highest BCUT2D eigenvalue weighted by Crippen LogP contribution is 2.25. The molecule has 2 amide bonds. The summed E-state index contributed by atoms with van der Waals surface area (Å²) in [5, 5.41) is 5.69. The summed E-state index contributed by atoms with van der Waals surface area (Å²) in [6.07, 6.45) is 0.969. The lowest BCUT2D eigenvalue weighted by Gasteiger charge is -2.13. The van der Waals surface area contributed by atoms with E-state index in [1.165, 1.54) is 0 Å². The van der Waals surface area contributed by atoms with E-state index in [2.05, 4.69) is 40.4 Å². The van der Waals surface area contributed by atoms with Gasteiger partial charge in [0.05, 0.1) is 6.61 Å². The molecule has 0 aliphatic carbocycles. The lowest BCUT2D eigenvalue weighted by molar-refractivity contribution is 0.185. The van der Waals surface area contributed by atoms with Crippen LogP contribution in [-0.4, -0.2) is 19.7 Å². The Morgan fingerprint density at radius 3 is 2.79 bits per heavy atom. The summed E-state index contributed by atoms with van der Waals surface area (Å²) in [5.41, 5.74) is 1.70. The van der Waals surface area contributed by atoms with Crippen LogP contribution < -0.4 is 10.6 Å². The van der Waals surface area contributed by atoms with Crippen LogP contribution in [0.3, 0.4) is 0 Å². The van der Waals surface area contributed by atoms with E-state index in [-0.39, 0.29) is 6.03 Å². The molecule has 0 spiro atoms. The van der Waals surface area contributed by atoms with E-state index < -0.39 is 0 Å². The summed E-state index contributed by atoms with van der Waals surface area (Å²) in [7, 11) is 1.63. The van der Waals surface area contributed by atoms with Gasteiger partial charge in [0.1, 0.15) is 0 Å². The van der Waals surface area contributed by atoms with Crippen LogP contribution in [0.5, 0.6) is 0 Å². The van der Waals surface area contributed by atoms with E-state index in [0.29, 0.717) is 19.1 Å². The van der Waals surface area contributed by atoms with Crippen LogP contribution in [0.2, 0.25) is 0 Å². The van der Waals surface area contributed by atoms with Crippen LogP contribution in [0.15, 0.2) is 22.7 Å². The predicted molar refractivity (Wildman–Crippen MR) is 81.3 cm³/mol. The molecule has 0 saturated carbocycles. The van der Waals surface area contributed by atoms with Gasteiger partial charge in [0.15, 0.2) is 0 Å². The van der Waals surface area contributed by atoms with Crippen molar-refractivity contribution in [3.63, 3.8) is 0 Å². The third kappa shape index (κ3) is 5.61. The first-order chi connectivity index (χ1) is 9.04. The lowest BCUT2D eigenvalue weighted by Crippen LogP contribution is -2.30. The number of hydrogen-bond donors (Lipinski definition) is 2. The van der Waals surface area contributed by atoms with Crippen LogP contribution in [0, 0.1) is 5.92 Å². The van der Waals surface area contributed by atoms with Crippen molar-refractivity contribution >= 4 is 27.6 Å². The van der Waals surface area contributed by atoms with Gasteiger partial charge in [-0.3, -0.25) is 0 Å². The van der Waals surface area contributed by atoms with Crippen molar-refractivity contribution in [2.24, 2.45) is 5.92 Å². The maximum Gasteiger partial charge on any atom is 0.319 e. The van der Waals surface area contributed by atoms with Gasteiger partial charge in [-0.1, -0.05) is 35.8 Å². The summed E-state index contributed by atoms with van der Waals surface area (Å²) >= 11 is 3.46. The third-order valence-corrected chi connectivity index (χ3v) is 3.41. The van der Waals surface area contributed by atoms with Crippen LogP contribution in [0.4, 0.5) is 10.5 Å². The Balaban J connectivity index is 2.61. The number of rotatable bonds is 6. The molecular weight excluding hydrogens is 308 g/mol. The molecule has 5 heteroatoms. The maximum absolute atomic E-state index is 11.8. The van der Waals surface area contributed by atoms with Crippen molar-refractivity contribution in [3.8, 4) is 0 Å². The first-order valence-corrected chi connectivity index (χ1v) is 7.15. The van der Waals surface area contributed by atoms with Gasteiger partial charge in [0.25, 0.3) is 0 Å². The highest BCUT2D eigenvalue weighted by atomic mass is 79.9. The van der Waals surface area contributed by atoms with Crippen molar-refractivity contribution < 1.29 is 9.53 Å². The number of ether oxygens (including phenoxy) is 1. The Hall–Kier alpha value is -1.07. The van der Waals surface area contributed by atoms with Crippen molar-refractivity contribution in [2.45, 2.75) is 26.9 Å². The fourth-order valence-corrected chi connectivity index (χ4v) is 2.09. The Morgan fingerprint density at radius 2 is 2.16 bits per heavy atom. The van der Waals surface area contributed by atoms with Gasteiger partial charge in [-0.2, -0.15) is 0 Å². The maximum atomic E-state index is 11.8. The average Bonchev–Trinajstić information content (AvgIpc) is 2.33. The number of urea groups is 1. The molecule has 2 N–H and O–H groups in total. The molecule has 0 aliphatic rings. The quantitative estimate of drug-likeness (QED) is 0.835. The molecule has 106 valence electrons. The number of nitrogens with one attached hydrogen (secondary N) is 2. The van der Waals surface area contributed by atoms with Gasteiger partial charge in [-0.15, -0.1) is 0 Å². The Morgan fingerprint density at radius 1 is 1.42 bits per heavy atom. The van der Waals surface area contributed by atoms with Crippen LogP contribution in [0.25, 0.3) is 0 Å². The zero-order chi connectivity index (χ0) is 14.3. The fraction of sp³-hybridized carbons (Fsp3) is 0.500. The SMILES string of the molecule is COCc1c(Br)cccc1NC(=O)NCCC(C)C. The van der Waals surface area contributed by atoms with Gasteiger partial charge in [0.2, 0.25) is 0 Å². The van der Waals surface area contributed by atoms with E-state index in [0.717, 1.165) is 22.1 Å². The number of carbonyl (C=O) groups excluding carboxylic acids is 1. The predicted octanol–water partition coefficient (Wildman–Crippen LogP) is 3.76. The Kier molecular flexibility index (Phi) is 6.87. The second-order valence-corrected chi connectivity index (χ2v) is 5.62. The molecule has 1 rings (SSSR count). The smallest absolute Gasteiger partial charge is 0.319 e. The minimum atomic E-state index is -0.184. The summed E-state index contributed by atoms with van der Waals surface area (Å²) in [4.78, 5) is 11.8. The average molecular weight is 329 g/mol. The van der Waals surface area contributed by atoms with Gasteiger partial charge < -0.3 is 15.4 Å². The molecule has 4 nitrogen and oxygen atoms in total. The van der Waals surface area contributed by atoms with Crippen LogP contribution in [0.1, 0.15) is 25.8 Å². The largest absolute Gasteiger partial charge is 0.380 e. The monoisotopic (exact) mass is 328 g/mol. The molecule has 1 aromatic carbocycles. The molecule has 0 radical (unpaired) electrons. The van der Waals surface area contributed by atoms with Crippen molar-refractivity contribution in [1.29, 1.82) is 0 Å². The van der Waals surface area contributed by atoms with E-state index in [9.17, 15) is 4.79 Å². The van der Waals surface area contributed by atoms with Gasteiger partial charge in [-0.25, -0.2) is 4.79 Å². The van der Waals surface area contributed by atoms with E-state index >= 15 is 0 Å². The minimum absolute atomic E-state index is 0.184.